The minimum atomic E-state index is -0.155. The summed E-state index contributed by atoms with van der Waals surface area (Å²) < 4.78 is 11.6. The zero-order valence-electron chi connectivity index (χ0n) is 13.0. The molecule has 5 nitrogen and oxygen atoms in total. The molecule has 1 aliphatic heterocycles. The zero-order valence-corrected chi connectivity index (χ0v) is 13.8. The molecule has 0 radical (unpaired) electrons. The van der Waals surface area contributed by atoms with E-state index in [-0.39, 0.29) is 12.1 Å². The van der Waals surface area contributed by atoms with Crippen molar-refractivity contribution in [3.8, 4) is 11.5 Å². The third kappa shape index (κ3) is 3.96. The van der Waals surface area contributed by atoms with Gasteiger partial charge in [0.25, 0.3) is 0 Å². The van der Waals surface area contributed by atoms with E-state index in [1.165, 1.54) is 0 Å². The van der Waals surface area contributed by atoms with Crippen LogP contribution in [0.15, 0.2) is 41.8 Å². The van der Waals surface area contributed by atoms with Gasteiger partial charge in [0.2, 0.25) is 0 Å². The highest BCUT2D eigenvalue weighted by Crippen LogP contribution is 2.30. The third-order valence-electron chi connectivity index (χ3n) is 3.65. The maximum absolute atomic E-state index is 12.3. The van der Waals surface area contributed by atoms with Crippen molar-refractivity contribution in [1.82, 2.24) is 10.2 Å². The van der Waals surface area contributed by atoms with Gasteiger partial charge in [-0.05, 0) is 30.5 Å². The number of carbonyl (C=O) groups is 1. The maximum atomic E-state index is 12.3. The van der Waals surface area contributed by atoms with E-state index in [2.05, 4.69) is 5.32 Å². The molecule has 1 aliphatic rings. The Hall–Kier alpha value is -2.21. The van der Waals surface area contributed by atoms with Gasteiger partial charge in [-0.2, -0.15) is 0 Å². The summed E-state index contributed by atoms with van der Waals surface area (Å²) in [4.78, 5) is 15.2. The lowest BCUT2D eigenvalue weighted by Gasteiger charge is -2.30. The van der Waals surface area contributed by atoms with Crippen LogP contribution in [0.1, 0.15) is 11.8 Å². The number of benzene rings is 1. The summed E-state index contributed by atoms with van der Waals surface area (Å²) in [5, 5.41) is 4.95. The van der Waals surface area contributed by atoms with E-state index in [0.717, 1.165) is 16.4 Å². The fraction of sp³-hybridized carbons (Fsp3) is 0.353. The van der Waals surface area contributed by atoms with Crippen molar-refractivity contribution in [2.45, 2.75) is 19.6 Å². The monoisotopic (exact) mass is 332 g/mol. The molecule has 0 saturated heterocycles. The molecule has 2 amide bonds. The molecule has 23 heavy (non-hydrogen) atoms. The lowest BCUT2D eigenvalue weighted by atomic mass is 10.2. The minimum Gasteiger partial charge on any atom is -0.486 e. The molecule has 2 aromatic rings. The number of amides is 2. The molecular formula is C17H20N2O3S. The van der Waals surface area contributed by atoms with Gasteiger partial charge in [-0.25, -0.2) is 4.79 Å². The van der Waals surface area contributed by atoms with Crippen LogP contribution >= 0.6 is 11.3 Å². The van der Waals surface area contributed by atoms with E-state index < -0.39 is 0 Å². The summed E-state index contributed by atoms with van der Waals surface area (Å²) in [6.07, 6.45) is -0.155. The number of para-hydroxylation sites is 2. The largest absolute Gasteiger partial charge is 0.486 e. The van der Waals surface area contributed by atoms with E-state index in [1.54, 1.807) is 16.2 Å². The van der Waals surface area contributed by atoms with Gasteiger partial charge in [-0.15, -0.1) is 11.3 Å². The molecule has 1 aromatic heterocycles. The molecule has 0 saturated carbocycles. The average Bonchev–Trinajstić information content (AvgIpc) is 3.11. The second-order valence-electron chi connectivity index (χ2n) is 5.27. The number of rotatable bonds is 5. The Labute approximate surface area is 139 Å². The highest BCUT2D eigenvalue weighted by molar-refractivity contribution is 7.09. The molecule has 6 heteroatoms. The second kappa shape index (κ2) is 7.37. The van der Waals surface area contributed by atoms with Crippen molar-refractivity contribution >= 4 is 17.4 Å². The molecule has 0 fully saturated rings. The molecule has 1 atom stereocenters. The normalized spacial score (nSPS) is 16.0. The topological polar surface area (TPSA) is 50.8 Å². The van der Waals surface area contributed by atoms with E-state index in [1.807, 2.05) is 48.7 Å². The summed E-state index contributed by atoms with van der Waals surface area (Å²) in [5.41, 5.74) is 0. The first-order valence-corrected chi connectivity index (χ1v) is 8.58. The lowest BCUT2D eigenvalue weighted by molar-refractivity contribution is 0.0675. The van der Waals surface area contributed by atoms with Crippen LogP contribution in [0.4, 0.5) is 4.79 Å². The van der Waals surface area contributed by atoms with Crippen molar-refractivity contribution in [2.75, 3.05) is 19.7 Å². The standard InChI is InChI=1S/C17H20N2O3S/c1-2-19(17(20)18-10-14-6-5-9-23-14)11-13-12-21-15-7-3-4-8-16(15)22-13/h3-9,13H,2,10-12H2,1H3,(H,18,20)/t13-/m0/s1. The van der Waals surface area contributed by atoms with Gasteiger partial charge in [0.05, 0.1) is 13.1 Å². The van der Waals surface area contributed by atoms with E-state index in [4.69, 9.17) is 9.47 Å². The van der Waals surface area contributed by atoms with Gasteiger partial charge in [-0.1, -0.05) is 18.2 Å². The third-order valence-corrected chi connectivity index (χ3v) is 4.53. The number of urea groups is 1. The van der Waals surface area contributed by atoms with Gasteiger partial charge in [-0.3, -0.25) is 0 Å². The van der Waals surface area contributed by atoms with E-state index in [0.29, 0.717) is 26.2 Å². The first-order chi connectivity index (χ1) is 11.3. The number of nitrogens with one attached hydrogen (secondary N) is 1. The van der Waals surface area contributed by atoms with Crippen LogP contribution < -0.4 is 14.8 Å². The Bertz CT molecular complexity index is 645. The van der Waals surface area contributed by atoms with Gasteiger partial charge in [0.15, 0.2) is 17.6 Å². The Kier molecular flexibility index (Phi) is 5.02. The number of carbonyl (C=O) groups excluding carboxylic acids is 1. The summed E-state index contributed by atoms with van der Waals surface area (Å²) in [7, 11) is 0. The molecular weight excluding hydrogens is 312 g/mol. The highest BCUT2D eigenvalue weighted by atomic mass is 32.1. The molecule has 1 N–H and O–H groups in total. The number of fused-ring (bicyclic) bond motifs is 1. The van der Waals surface area contributed by atoms with Gasteiger partial charge in [0, 0.05) is 11.4 Å². The number of thiophene rings is 1. The first kappa shape index (κ1) is 15.7. The molecule has 0 unspecified atom stereocenters. The Morgan fingerprint density at radius 1 is 1.30 bits per heavy atom. The molecule has 2 heterocycles. The lowest BCUT2D eigenvalue weighted by Crippen LogP contribution is -2.47. The van der Waals surface area contributed by atoms with Gasteiger partial charge in [0.1, 0.15) is 6.61 Å². The van der Waals surface area contributed by atoms with Gasteiger partial charge < -0.3 is 19.7 Å². The fourth-order valence-corrected chi connectivity index (χ4v) is 3.09. The highest BCUT2D eigenvalue weighted by Gasteiger charge is 2.24. The van der Waals surface area contributed by atoms with Crippen LogP contribution in [-0.2, 0) is 6.54 Å². The summed E-state index contributed by atoms with van der Waals surface area (Å²) >= 11 is 1.63. The van der Waals surface area contributed by atoms with Crippen LogP contribution in [0.25, 0.3) is 0 Å². The quantitative estimate of drug-likeness (QED) is 0.915. The number of likely N-dealkylation sites (N-methyl/N-ethyl adjacent to an activating group) is 1. The summed E-state index contributed by atoms with van der Waals surface area (Å²) in [6, 6.07) is 11.5. The number of nitrogens with zero attached hydrogens (tertiary/aromatic N) is 1. The fourth-order valence-electron chi connectivity index (χ4n) is 2.44. The predicted octanol–water partition coefficient (Wildman–Crippen LogP) is 3.12. The Morgan fingerprint density at radius 3 is 2.87 bits per heavy atom. The van der Waals surface area contributed by atoms with Crippen molar-refractivity contribution < 1.29 is 14.3 Å². The maximum Gasteiger partial charge on any atom is 0.317 e. The van der Waals surface area contributed by atoms with Gasteiger partial charge >= 0.3 is 6.03 Å². The van der Waals surface area contributed by atoms with Crippen molar-refractivity contribution in [1.29, 1.82) is 0 Å². The SMILES string of the molecule is CCN(C[C@H]1COc2ccccc2O1)C(=O)NCc1cccs1. The zero-order chi connectivity index (χ0) is 16.1. The molecule has 0 spiro atoms. The van der Waals surface area contributed by atoms with Crippen LogP contribution in [0.2, 0.25) is 0 Å². The van der Waals surface area contributed by atoms with Crippen LogP contribution in [0, 0.1) is 0 Å². The van der Waals surface area contributed by atoms with Crippen molar-refractivity contribution in [2.24, 2.45) is 0 Å². The van der Waals surface area contributed by atoms with Crippen molar-refractivity contribution in [3.05, 3.63) is 46.7 Å². The van der Waals surface area contributed by atoms with Crippen LogP contribution in [0.3, 0.4) is 0 Å². The molecule has 0 bridgehead atoms. The second-order valence-corrected chi connectivity index (χ2v) is 6.31. The average molecular weight is 332 g/mol. The molecule has 122 valence electrons. The van der Waals surface area contributed by atoms with E-state index >= 15 is 0 Å². The minimum absolute atomic E-state index is 0.0802. The van der Waals surface area contributed by atoms with E-state index in [9.17, 15) is 4.79 Å². The van der Waals surface area contributed by atoms with Crippen LogP contribution in [0.5, 0.6) is 11.5 Å². The van der Waals surface area contributed by atoms with Crippen molar-refractivity contribution in [3.63, 3.8) is 0 Å². The molecule has 0 aliphatic carbocycles. The number of hydrogen-bond donors (Lipinski definition) is 1. The Balaban J connectivity index is 1.54. The molecule has 3 rings (SSSR count). The smallest absolute Gasteiger partial charge is 0.317 e. The number of hydrogen-bond acceptors (Lipinski definition) is 4. The first-order valence-electron chi connectivity index (χ1n) is 7.70. The summed E-state index contributed by atoms with van der Waals surface area (Å²) in [6.45, 7) is 4.09. The summed E-state index contributed by atoms with van der Waals surface area (Å²) in [5.74, 6) is 1.49. The number of ether oxygens (including phenoxy) is 2. The predicted molar refractivity (Wildman–Crippen MR) is 90.2 cm³/mol. The van der Waals surface area contributed by atoms with Crippen LogP contribution in [-0.4, -0.2) is 36.7 Å². The Morgan fingerprint density at radius 2 is 2.13 bits per heavy atom. The molecule has 1 aromatic carbocycles.